The fraction of sp³-hybridized carbons (Fsp3) is 0.489. The first-order valence-electron chi connectivity index (χ1n) is 21.3. The molecule has 3 aliphatic rings. The number of imide groups is 3. The van der Waals surface area contributed by atoms with E-state index >= 15 is 0 Å². The maximum Gasteiger partial charge on any atom is 0.416 e. The predicted molar refractivity (Wildman–Crippen MR) is 226 cm³/mol. The summed E-state index contributed by atoms with van der Waals surface area (Å²) in [6.07, 6.45) is 11.3. The van der Waals surface area contributed by atoms with Crippen molar-refractivity contribution >= 4 is 36.0 Å². The molecule has 3 fully saturated rings. The Morgan fingerprint density at radius 2 is 0.867 bits per heavy atom. The lowest BCUT2D eigenvalue weighted by molar-refractivity contribution is -0.128. The number of aromatic hydroxyl groups is 1. The van der Waals surface area contributed by atoms with Crippen molar-refractivity contribution in [2.75, 3.05) is 39.5 Å². The molecule has 0 unspecified atom stereocenters. The summed E-state index contributed by atoms with van der Waals surface area (Å²) in [5.74, 6) is -0.0835. The van der Waals surface area contributed by atoms with Crippen LogP contribution in [0, 0.1) is 13.8 Å². The predicted octanol–water partition coefficient (Wildman–Crippen LogP) is 8.63. The average molecular weight is 828 g/mol. The van der Waals surface area contributed by atoms with Crippen LogP contribution in [0.3, 0.4) is 0 Å². The third-order valence-corrected chi connectivity index (χ3v) is 10.4. The summed E-state index contributed by atoms with van der Waals surface area (Å²) in [6.45, 7) is 6.34. The Kier molecular flexibility index (Phi) is 20.1. The van der Waals surface area contributed by atoms with Gasteiger partial charge in [0.2, 0.25) is 17.7 Å². The van der Waals surface area contributed by atoms with E-state index in [0.29, 0.717) is 58.7 Å². The van der Waals surface area contributed by atoms with Crippen LogP contribution in [-0.4, -0.2) is 95.3 Å². The summed E-state index contributed by atoms with van der Waals surface area (Å²) >= 11 is 0. The smallest absolute Gasteiger partial charge is 0.416 e. The number of unbranched alkanes of at least 4 members (excludes halogenated alkanes) is 6. The van der Waals surface area contributed by atoms with E-state index in [1.807, 2.05) is 12.1 Å². The fourth-order valence-corrected chi connectivity index (χ4v) is 6.90. The Balaban J connectivity index is 0.000000198. The van der Waals surface area contributed by atoms with E-state index in [0.717, 1.165) is 77.0 Å². The van der Waals surface area contributed by atoms with Crippen LogP contribution in [-0.2, 0) is 47.9 Å². The number of amides is 6. The molecule has 3 aromatic carbocycles. The van der Waals surface area contributed by atoms with Gasteiger partial charge in [-0.1, -0.05) is 91.1 Å². The zero-order valence-corrected chi connectivity index (χ0v) is 35.2. The minimum absolute atomic E-state index is 0.108. The molecular formula is C47H61N3O10. The number of phenolic OH excluding ortho intramolecular Hbond substituents is 1. The van der Waals surface area contributed by atoms with Crippen LogP contribution in [0.25, 0.3) is 0 Å². The summed E-state index contributed by atoms with van der Waals surface area (Å²) in [4.78, 5) is 72.4. The number of cyclic esters (lactones) is 3. The van der Waals surface area contributed by atoms with Crippen LogP contribution in [0.5, 0.6) is 5.75 Å². The number of carbonyl (C=O) groups is 6. The van der Waals surface area contributed by atoms with Gasteiger partial charge in [0.1, 0.15) is 25.6 Å². The second kappa shape index (κ2) is 25.7. The number of rotatable bonds is 18. The third-order valence-electron chi connectivity index (χ3n) is 10.4. The minimum atomic E-state index is -0.515. The van der Waals surface area contributed by atoms with Gasteiger partial charge in [-0.3, -0.25) is 14.4 Å². The van der Waals surface area contributed by atoms with Crippen molar-refractivity contribution in [3.05, 3.63) is 101 Å². The monoisotopic (exact) mass is 827 g/mol. The molecule has 6 amide bonds. The Morgan fingerprint density at radius 3 is 1.23 bits per heavy atom. The maximum atomic E-state index is 11.8. The van der Waals surface area contributed by atoms with Crippen molar-refractivity contribution in [3.8, 4) is 5.75 Å². The number of phenols is 1. The van der Waals surface area contributed by atoms with Crippen LogP contribution in [0.1, 0.15) is 105 Å². The topological polar surface area (TPSA) is 160 Å². The summed E-state index contributed by atoms with van der Waals surface area (Å²) in [6, 6.07) is 24.2. The number of benzene rings is 3. The Bertz CT molecular complexity index is 1760. The number of hydrogen-bond donors (Lipinski definition) is 1. The Labute approximate surface area is 354 Å². The number of ether oxygens (including phenoxy) is 3. The molecule has 0 radical (unpaired) electrons. The number of carbonyl (C=O) groups excluding carboxylic acids is 6. The zero-order valence-electron chi connectivity index (χ0n) is 35.2. The van der Waals surface area contributed by atoms with Crippen LogP contribution in [0.15, 0.2) is 72.8 Å². The summed E-state index contributed by atoms with van der Waals surface area (Å²) in [5.41, 5.74) is 6.42. The van der Waals surface area contributed by atoms with Crippen LogP contribution >= 0.6 is 0 Å². The van der Waals surface area contributed by atoms with Gasteiger partial charge >= 0.3 is 18.3 Å². The highest BCUT2D eigenvalue weighted by Gasteiger charge is 2.29. The second-order valence-electron chi connectivity index (χ2n) is 15.3. The van der Waals surface area contributed by atoms with E-state index < -0.39 is 18.3 Å². The van der Waals surface area contributed by atoms with Gasteiger partial charge in [0.15, 0.2) is 0 Å². The van der Waals surface area contributed by atoms with Crippen molar-refractivity contribution < 1.29 is 48.1 Å². The lowest BCUT2D eigenvalue weighted by Gasteiger charge is -2.10. The van der Waals surface area contributed by atoms with E-state index in [4.69, 9.17) is 14.2 Å². The lowest BCUT2D eigenvalue weighted by Crippen LogP contribution is -2.31. The van der Waals surface area contributed by atoms with Gasteiger partial charge in [0.25, 0.3) is 0 Å². The summed E-state index contributed by atoms with van der Waals surface area (Å²) < 4.78 is 14.2. The first-order valence-corrected chi connectivity index (χ1v) is 21.3. The molecule has 1 N–H and O–H groups in total. The standard InChI is InChI=1S/2C16H21NO3.C15H19NO4/c1-13-6-5-8-14(12-13)7-3-2-4-9-15(18)17-10-11-20-16(17)19;1-13-7-9-14(10-8-13)5-3-2-4-6-15(18)17-11-12-20-16(17)19;17-13-8-6-12(7-9-13)4-2-1-3-5-14(18)16-10-11-20-15(16)19/h5-6,8,12H,2-4,7,9-11H2,1H3;7-10H,2-6,11-12H2,1H3;6-9,17H,1-5,10-11H2. The first kappa shape index (κ1) is 47.0. The molecule has 3 heterocycles. The van der Waals surface area contributed by atoms with Gasteiger partial charge in [0.05, 0.1) is 19.6 Å². The van der Waals surface area contributed by atoms with Crippen LogP contribution in [0.2, 0.25) is 0 Å². The van der Waals surface area contributed by atoms with Gasteiger partial charge in [-0.2, -0.15) is 0 Å². The third kappa shape index (κ3) is 16.9. The number of nitrogens with zero attached hydrogens (tertiary/aromatic N) is 3. The Morgan fingerprint density at radius 1 is 0.483 bits per heavy atom. The highest BCUT2D eigenvalue weighted by Crippen LogP contribution is 2.16. The quantitative estimate of drug-likeness (QED) is 0.0972. The molecule has 0 bridgehead atoms. The van der Waals surface area contributed by atoms with Gasteiger partial charge < -0.3 is 19.3 Å². The fourth-order valence-electron chi connectivity index (χ4n) is 6.90. The molecule has 0 saturated carbocycles. The number of aryl methyl sites for hydroxylation is 5. The summed E-state index contributed by atoms with van der Waals surface area (Å²) in [7, 11) is 0. The Hall–Kier alpha value is -5.72. The van der Waals surface area contributed by atoms with Gasteiger partial charge in [0, 0.05) is 19.3 Å². The van der Waals surface area contributed by atoms with Gasteiger partial charge in [-0.25, -0.2) is 29.1 Å². The highest BCUT2D eigenvalue weighted by molar-refractivity contribution is 5.94. The van der Waals surface area contributed by atoms with E-state index in [-0.39, 0.29) is 23.5 Å². The average Bonchev–Trinajstić information content (AvgIpc) is 4.00. The largest absolute Gasteiger partial charge is 0.508 e. The molecule has 0 spiro atoms. The second-order valence-corrected chi connectivity index (χ2v) is 15.3. The normalized spacial score (nSPS) is 14.4. The molecule has 13 nitrogen and oxygen atoms in total. The van der Waals surface area contributed by atoms with Crippen molar-refractivity contribution in [3.63, 3.8) is 0 Å². The van der Waals surface area contributed by atoms with E-state index in [1.54, 1.807) is 12.1 Å². The molecule has 324 valence electrons. The van der Waals surface area contributed by atoms with Crippen molar-refractivity contribution in [2.24, 2.45) is 0 Å². The molecule has 6 rings (SSSR count). The molecule has 0 aromatic heterocycles. The molecule has 3 aliphatic heterocycles. The molecule has 0 aliphatic carbocycles. The van der Waals surface area contributed by atoms with E-state index in [2.05, 4.69) is 62.4 Å². The highest BCUT2D eigenvalue weighted by atomic mass is 16.6. The van der Waals surface area contributed by atoms with Crippen molar-refractivity contribution in [2.45, 2.75) is 110 Å². The van der Waals surface area contributed by atoms with Crippen molar-refractivity contribution in [1.29, 1.82) is 0 Å². The van der Waals surface area contributed by atoms with Gasteiger partial charge in [-0.15, -0.1) is 0 Å². The maximum absolute atomic E-state index is 11.8. The molecule has 0 atom stereocenters. The number of hydrogen-bond acceptors (Lipinski definition) is 10. The molecule has 13 heteroatoms. The first-order chi connectivity index (χ1) is 29.0. The zero-order chi connectivity index (χ0) is 43.1. The van der Waals surface area contributed by atoms with Crippen LogP contribution in [0.4, 0.5) is 14.4 Å². The van der Waals surface area contributed by atoms with Gasteiger partial charge in [-0.05, 0) is 100 Å². The van der Waals surface area contributed by atoms with Crippen molar-refractivity contribution in [1.82, 2.24) is 14.7 Å². The SMILES string of the molecule is Cc1ccc(CCCCCC(=O)N2CCOC2=O)cc1.Cc1cccc(CCCCCC(=O)N2CCOC2=O)c1.O=C(CCCCCc1ccc(O)cc1)N1CCOC1=O. The molecular weight excluding hydrogens is 767 g/mol. The molecule has 3 aromatic rings. The van der Waals surface area contributed by atoms with E-state index in [1.165, 1.54) is 42.5 Å². The summed E-state index contributed by atoms with van der Waals surface area (Å²) in [5, 5.41) is 9.17. The minimum Gasteiger partial charge on any atom is -0.508 e. The van der Waals surface area contributed by atoms with E-state index in [9.17, 15) is 33.9 Å². The lowest BCUT2D eigenvalue weighted by atomic mass is 10.0. The molecule has 60 heavy (non-hydrogen) atoms. The molecule has 3 saturated heterocycles. The van der Waals surface area contributed by atoms with Crippen LogP contribution < -0.4 is 0 Å².